The molecule has 0 aliphatic carbocycles. The number of benzene rings is 2. The second-order valence-corrected chi connectivity index (χ2v) is 5.76. The molecule has 2 rings (SSSR count). The molecule has 5 heteroatoms. The van der Waals surface area contributed by atoms with Crippen LogP contribution >= 0.6 is 39.1 Å². The smallest absolute Gasteiger partial charge is 0.196 e. The molecule has 2 aromatic carbocycles. The van der Waals surface area contributed by atoms with Gasteiger partial charge in [0.15, 0.2) is 5.78 Å². The summed E-state index contributed by atoms with van der Waals surface area (Å²) in [4.78, 5) is 12.6. The Labute approximate surface area is 135 Å². The molecule has 0 heterocycles. The fraction of sp³-hybridized carbons (Fsp3) is 0.133. The van der Waals surface area contributed by atoms with Crippen LogP contribution in [0.15, 0.2) is 40.9 Å². The van der Waals surface area contributed by atoms with Crippen molar-refractivity contribution in [1.29, 1.82) is 0 Å². The molecule has 104 valence electrons. The predicted molar refractivity (Wildman–Crippen MR) is 85.2 cm³/mol. The van der Waals surface area contributed by atoms with E-state index >= 15 is 0 Å². The molecule has 2 aromatic rings. The van der Waals surface area contributed by atoms with Crippen molar-refractivity contribution < 1.29 is 9.53 Å². The minimum absolute atomic E-state index is 0.159. The Morgan fingerprint density at radius 1 is 1.15 bits per heavy atom. The molecule has 0 spiro atoms. The normalized spacial score (nSPS) is 10.4. The molecule has 0 aliphatic heterocycles. The number of hydrogen-bond acceptors (Lipinski definition) is 2. The zero-order chi connectivity index (χ0) is 14.7. The van der Waals surface area contributed by atoms with Crippen molar-refractivity contribution in [3.63, 3.8) is 0 Å². The summed E-state index contributed by atoms with van der Waals surface area (Å²) < 4.78 is 6.30. The largest absolute Gasteiger partial charge is 0.493 e. The van der Waals surface area contributed by atoms with Gasteiger partial charge in [0.2, 0.25) is 0 Å². The van der Waals surface area contributed by atoms with Crippen molar-refractivity contribution in [2.75, 3.05) is 6.61 Å². The van der Waals surface area contributed by atoms with E-state index in [4.69, 9.17) is 27.9 Å². The Hall–Kier alpha value is -1.03. The van der Waals surface area contributed by atoms with Gasteiger partial charge in [-0.1, -0.05) is 39.1 Å². The fourth-order valence-corrected chi connectivity index (χ4v) is 2.41. The molecule has 0 bridgehead atoms. The lowest BCUT2D eigenvalue weighted by Crippen LogP contribution is -2.05. The third kappa shape index (κ3) is 3.35. The molecule has 0 atom stereocenters. The zero-order valence-corrected chi connectivity index (χ0v) is 13.7. The van der Waals surface area contributed by atoms with E-state index in [0.717, 1.165) is 4.47 Å². The van der Waals surface area contributed by atoms with Gasteiger partial charge < -0.3 is 4.74 Å². The molecule has 0 amide bonds. The van der Waals surface area contributed by atoms with Crippen LogP contribution in [-0.2, 0) is 0 Å². The highest BCUT2D eigenvalue weighted by Crippen LogP contribution is 2.28. The van der Waals surface area contributed by atoms with E-state index in [1.807, 2.05) is 13.0 Å². The molecule has 2 nitrogen and oxygen atoms in total. The molecule has 0 aliphatic rings. The summed E-state index contributed by atoms with van der Waals surface area (Å²) >= 11 is 15.2. The number of halogens is 3. The Bertz CT molecular complexity index is 656. The van der Waals surface area contributed by atoms with Crippen LogP contribution in [0.25, 0.3) is 0 Å². The van der Waals surface area contributed by atoms with Gasteiger partial charge in [0.1, 0.15) is 5.75 Å². The number of rotatable bonds is 4. The minimum Gasteiger partial charge on any atom is -0.493 e. The number of ether oxygens (including phenoxy) is 1. The van der Waals surface area contributed by atoms with E-state index in [0.29, 0.717) is 33.5 Å². The van der Waals surface area contributed by atoms with Gasteiger partial charge in [-0.05, 0) is 43.3 Å². The second-order valence-electron chi connectivity index (χ2n) is 4.03. The second kappa shape index (κ2) is 6.61. The Morgan fingerprint density at radius 2 is 1.90 bits per heavy atom. The van der Waals surface area contributed by atoms with Crippen LogP contribution in [0.1, 0.15) is 22.8 Å². The summed E-state index contributed by atoms with van der Waals surface area (Å²) in [7, 11) is 0. The standard InChI is InChI=1S/C15H11BrCl2O2/c1-2-20-14-6-4-10(16)8-11(14)15(19)9-3-5-12(17)13(18)7-9/h3-8H,2H2,1H3. The number of carbonyl (C=O) groups excluding carboxylic acids is 1. The van der Waals surface area contributed by atoms with Crippen LogP contribution in [0.2, 0.25) is 10.0 Å². The number of hydrogen-bond donors (Lipinski definition) is 0. The number of carbonyl (C=O) groups is 1. The lowest BCUT2D eigenvalue weighted by Gasteiger charge is -2.10. The molecule has 0 saturated carbocycles. The molecular weight excluding hydrogens is 363 g/mol. The summed E-state index contributed by atoms with van der Waals surface area (Å²) in [5.41, 5.74) is 0.957. The monoisotopic (exact) mass is 372 g/mol. The molecular formula is C15H11BrCl2O2. The van der Waals surface area contributed by atoms with Gasteiger partial charge in [0.25, 0.3) is 0 Å². The first-order valence-corrected chi connectivity index (χ1v) is 7.50. The van der Waals surface area contributed by atoms with Gasteiger partial charge in [-0.15, -0.1) is 0 Å². The first kappa shape index (κ1) is 15.4. The SMILES string of the molecule is CCOc1ccc(Br)cc1C(=O)c1ccc(Cl)c(Cl)c1. The average Bonchev–Trinajstić information content (AvgIpc) is 2.43. The van der Waals surface area contributed by atoms with Crippen LogP contribution in [0.3, 0.4) is 0 Å². The lowest BCUT2D eigenvalue weighted by atomic mass is 10.0. The van der Waals surface area contributed by atoms with E-state index in [9.17, 15) is 4.79 Å². The summed E-state index contributed by atoms with van der Waals surface area (Å²) in [6, 6.07) is 10.1. The minimum atomic E-state index is -0.159. The van der Waals surface area contributed by atoms with Gasteiger partial charge in [-0.3, -0.25) is 4.79 Å². The van der Waals surface area contributed by atoms with Crippen molar-refractivity contribution in [3.8, 4) is 5.75 Å². The molecule has 0 fully saturated rings. The lowest BCUT2D eigenvalue weighted by molar-refractivity contribution is 0.103. The van der Waals surface area contributed by atoms with Crippen LogP contribution in [-0.4, -0.2) is 12.4 Å². The fourth-order valence-electron chi connectivity index (χ4n) is 1.75. The molecule has 0 radical (unpaired) electrons. The van der Waals surface area contributed by atoms with Crippen molar-refractivity contribution in [2.45, 2.75) is 6.92 Å². The van der Waals surface area contributed by atoms with Crippen molar-refractivity contribution in [1.82, 2.24) is 0 Å². The van der Waals surface area contributed by atoms with Crippen molar-refractivity contribution in [3.05, 3.63) is 62.0 Å². The highest BCUT2D eigenvalue weighted by Gasteiger charge is 2.16. The molecule has 20 heavy (non-hydrogen) atoms. The van der Waals surface area contributed by atoms with Crippen LogP contribution < -0.4 is 4.74 Å². The van der Waals surface area contributed by atoms with E-state index < -0.39 is 0 Å². The predicted octanol–water partition coefficient (Wildman–Crippen LogP) is 5.39. The first-order chi connectivity index (χ1) is 9.52. The Kier molecular flexibility index (Phi) is 5.08. The average molecular weight is 374 g/mol. The van der Waals surface area contributed by atoms with Gasteiger partial charge in [-0.2, -0.15) is 0 Å². The molecule has 0 unspecified atom stereocenters. The van der Waals surface area contributed by atoms with E-state index in [2.05, 4.69) is 15.9 Å². The summed E-state index contributed by atoms with van der Waals surface area (Å²) in [5, 5.41) is 0.771. The molecule has 0 N–H and O–H groups in total. The summed E-state index contributed by atoms with van der Waals surface area (Å²) in [5.74, 6) is 0.389. The van der Waals surface area contributed by atoms with Gasteiger partial charge in [0.05, 0.1) is 22.2 Å². The maximum Gasteiger partial charge on any atom is 0.196 e. The van der Waals surface area contributed by atoms with Crippen LogP contribution in [0, 0.1) is 0 Å². The maximum atomic E-state index is 12.6. The third-order valence-electron chi connectivity index (χ3n) is 2.67. The van der Waals surface area contributed by atoms with Crippen molar-refractivity contribution >= 4 is 44.9 Å². The summed E-state index contributed by atoms with van der Waals surface area (Å²) in [6.07, 6.45) is 0. The van der Waals surface area contributed by atoms with Crippen molar-refractivity contribution in [2.24, 2.45) is 0 Å². The molecule has 0 aromatic heterocycles. The van der Waals surface area contributed by atoms with E-state index in [-0.39, 0.29) is 5.78 Å². The van der Waals surface area contributed by atoms with Gasteiger partial charge in [-0.25, -0.2) is 0 Å². The topological polar surface area (TPSA) is 26.3 Å². The van der Waals surface area contributed by atoms with Gasteiger partial charge >= 0.3 is 0 Å². The van der Waals surface area contributed by atoms with Gasteiger partial charge in [0, 0.05) is 10.0 Å². The van der Waals surface area contributed by atoms with Crippen LogP contribution in [0.5, 0.6) is 5.75 Å². The number of ketones is 1. The molecule has 0 saturated heterocycles. The van der Waals surface area contributed by atoms with E-state index in [1.165, 1.54) is 0 Å². The third-order valence-corrected chi connectivity index (χ3v) is 3.90. The van der Waals surface area contributed by atoms with Crippen LogP contribution in [0.4, 0.5) is 0 Å². The van der Waals surface area contributed by atoms with E-state index in [1.54, 1.807) is 30.3 Å². The first-order valence-electron chi connectivity index (χ1n) is 5.95. The zero-order valence-electron chi connectivity index (χ0n) is 10.6. The Balaban J connectivity index is 2.46. The highest BCUT2D eigenvalue weighted by molar-refractivity contribution is 9.10. The Morgan fingerprint density at radius 3 is 2.55 bits per heavy atom. The quantitative estimate of drug-likeness (QED) is 0.672. The summed E-state index contributed by atoms with van der Waals surface area (Å²) in [6.45, 7) is 2.36. The highest BCUT2D eigenvalue weighted by atomic mass is 79.9. The maximum absolute atomic E-state index is 12.6.